The van der Waals surface area contributed by atoms with Gasteiger partial charge in [0.25, 0.3) is 0 Å². The van der Waals surface area contributed by atoms with E-state index in [0.717, 1.165) is 13.0 Å². The van der Waals surface area contributed by atoms with Crippen molar-refractivity contribution >= 4 is 10.0 Å². The first-order valence-corrected chi connectivity index (χ1v) is 10.8. The van der Waals surface area contributed by atoms with E-state index in [2.05, 4.69) is 30.8 Å². The molecule has 1 atom stereocenters. The number of methoxy groups -OCH3 is 1. The minimum atomic E-state index is -3.67. The third-order valence-corrected chi connectivity index (χ3v) is 7.05. The van der Waals surface area contributed by atoms with E-state index in [1.54, 1.807) is 45.6 Å². The first-order valence-electron chi connectivity index (χ1n) is 9.32. The standard InChI is InChI=1S/C19H28N4O3S/c1-5-16-14-21(11-12-22(16)15(2)3)27(24,25)19-13-17(7-8-18(19)26-4)23-10-6-9-20-23/h6-10,13,15-16H,5,11-12,14H2,1-4H3. The third kappa shape index (κ3) is 3.88. The largest absolute Gasteiger partial charge is 0.495 e. The molecular formula is C19H28N4O3S. The first kappa shape index (κ1) is 19.9. The van der Waals surface area contributed by atoms with Gasteiger partial charge >= 0.3 is 0 Å². The summed E-state index contributed by atoms with van der Waals surface area (Å²) >= 11 is 0. The number of ether oxygens (including phenoxy) is 1. The average molecular weight is 393 g/mol. The molecule has 1 unspecified atom stereocenters. The quantitative estimate of drug-likeness (QED) is 0.755. The maximum Gasteiger partial charge on any atom is 0.246 e. The highest BCUT2D eigenvalue weighted by Crippen LogP contribution is 2.31. The van der Waals surface area contributed by atoms with Crippen molar-refractivity contribution in [1.29, 1.82) is 0 Å². The van der Waals surface area contributed by atoms with Crippen LogP contribution >= 0.6 is 0 Å². The molecule has 0 amide bonds. The molecule has 1 aliphatic heterocycles. The van der Waals surface area contributed by atoms with Crippen LogP contribution in [0.4, 0.5) is 0 Å². The van der Waals surface area contributed by atoms with E-state index in [4.69, 9.17) is 4.74 Å². The lowest BCUT2D eigenvalue weighted by Gasteiger charge is -2.42. The average Bonchev–Trinajstić information content (AvgIpc) is 3.21. The Bertz CT molecular complexity index is 865. The number of nitrogens with zero attached hydrogens (tertiary/aromatic N) is 4. The first-order chi connectivity index (χ1) is 12.9. The zero-order valence-electron chi connectivity index (χ0n) is 16.4. The molecule has 1 saturated heterocycles. The van der Waals surface area contributed by atoms with E-state index in [1.807, 2.05) is 0 Å². The van der Waals surface area contributed by atoms with Gasteiger partial charge in [-0.25, -0.2) is 13.1 Å². The van der Waals surface area contributed by atoms with Gasteiger partial charge in [-0.15, -0.1) is 0 Å². The molecule has 3 rings (SSSR count). The second-order valence-electron chi connectivity index (χ2n) is 7.04. The molecule has 7 nitrogen and oxygen atoms in total. The van der Waals surface area contributed by atoms with Crippen LogP contribution in [0, 0.1) is 0 Å². The molecule has 0 spiro atoms. The van der Waals surface area contributed by atoms with Gasteiger partial charge in [-0.05, 0) is 44.5 Å². The molecule has 0 radical (unpaired) electrons. The minimum absolute atomic E-state index is 0.186. The van der Waals surface area contributed by atoms with Gasteiger partial charge in [0.05, 0.1) is 12.8 Å². The number of piperazine rings is 1. The maximum atomic E-state index is 13.4. The molecule has 0 saturated carbocycles. The van der Waals surface area contributed by atoms with Crippen molar-refractivity contribution in [3.8, 4) is 11.4 Å². The fourth-order valence-electron chi connectivity index (χ4n) is 3.67. The highest BCUT2D eigenvalue weighted by atomic mass is 32.2. The Hall–Kier alpha value is -1.90. The Morgan fingerprint density at radius 3 is 2.67 bits per heavy atom. The predicted molar refractivity (Wildman–Crippen MR) is 105 cm³/mol. The summed E-state index contributed by atoms with van der Waals surface area (Å²) in [5, 5.41) is 4.19. The molecule has 1 fully saturated rings. The predicted octanol–water partition coefficient (Wildman–Crippen LogP) is 2.37. The fourth-order valence-corrected chi connectivity index (χ4v) is 5.32. The van der Waals surface area contributed by atoms with Gasteiger partial charge in [0, 0.05) is 44.1 Å². The summed E-state index contributed by atoms with van der Waals surface area (Å²) in [6, 6.07) is 7.54. The Morgan fingerprint density at radius 1 is 1.30 bits per heavy atom. The van der Waals surface area contributed by atoms with Crippen LogP contribution in [0.25, 0.3) is 5.69 Å². The topological polar surface area (TPSA) is 67.7 Å². The lowest BCUT2D eigenvalue weighted by atomic mass is 10.1. The van der Waals surface area contributed by atoms with Crippen molar-refractivity contribution < 1.29 is 13.2 Å². The molecule has 0 N–H and O–H groups in total. The van der Waals surface area contributed by atoms with Gasteiger partial charge in [-0.2, -0.15) is 9.40 Å². The fraction of sp³-hybridized carbons (Fsp3) is 0.526. The van der Waals surface area contributed by atoms with E-state index in [-0.39, 0.29) is 10.9 Å². The summed E-state index contributed by atoms with van der Waals surface area (Å²) in [7, 11) is -2.18. The second-order valence-corrected chi connectivity index (χ2v) is 8.95. The zero-order chi connectivity index (χ0) is 19.6. The number of hydrogen-bond donors (Lipinski definition) is 0. The normalized spacial score (nSPS) is 19.5. The van der Waals surface area contributed by atoms with Crippen LogP contribution in [-0.2, 0) is 10.0 Å². The molecule has 0 bridgehead atoms. The van der Waals surface area contributed by atoms with Gasteiger partial charge in [0.1, 0.15) is 10.6 Å². The number of benzene rings is 1. The molecule has 1 aromatic carbocycles. The highest BCUT2D eigenvalue weighted by Gasteiger charge is 2.35. The Morgan fingerprint density at radius 2 is 2.07 bits per heavy atom. The van der Waals surface area contributed by atoms with Crippen LogP contribution in [0.5, 0.6) is 5.75 Å². The van der Waals surface area contributed by atoms with Crippen molar-refractivity contribution in [3.05, 3.63) is 36.7 Å². The molecule has 2 aromatic rings. The van der Waals surface area contributed by atoms with Crippen LogP contribution in [0.1, 0.15) is 27.2 Å². The van der Waals surface area contributed by atoms with Crippen LogP contribution in [-0.4, -0.2) is 66.2 Å². The Labute approximate surface area is 161 Å². The minimum Gasteiger partial charge on any atom is -0.495 e. The summed E-state index contributed by atoms with van der Waals surface area (Å²) in [6.45, 7) is 8.12. The monoisotopic (exact) mass is 392 g/mol. The van der Waals surface area contributed by atoms with Gasteiger partial charge in [-0.1, -0.05) is 6.92 Å². The Kier molecular flexibility index (Phi) is 5.88. The maximum absolute atomic E-state index is 13.4. The molecule has 1 aromatic heterocycles. The van der Waals surface area contributed by atoms with Crippen molar-refractivity contribution in [2.75, 3.05) is 26.7 Å². The highest BCUT2D eigenvalue weighted by molar-refractivity contribution is 7.89. The van der Waals surface area contributed by atoms with Gasteiger partial charge in [0.2, 0.25) is 10.0 Å². The number of sulfonamides is 1. The summed E-state index contributed by atoms with van der Waals surface area (Å²) in [5.41, 5.74) is 0.687. The number of rotatable bonds is 6. The molecule has 8 heteroatoms. The van der Waals surface area contributed by atoms with E-state index >= 15 is 0 Å². The summed E-state index contributed by atoms with van der Waals surface area (Å²) in [6.07, 6.45) is 4.36. The van der Waals surface area contributed by atoms with Crippen molar-refractivity contribution in [3.63, 3.8) is 0 Å². The lowest BCUT2D eigenvalue weighted by molar-refractivity contribution is 0.0850. The molecular weight excluding hydrogens is 364 g/mol. The van der Waals surface area contributed by atoms with Crippen LogP contribution in [0.15, 0.2) is 41.6 Å². The van der Waals surface area contributed by atoms with E-state index < -0.39 is 10.0 Å². The molecule has 1 aliphatic rings. The lowest BCUT2D eigenvalue weighted by Crippen LogP contribution is -2.56. The summed E-state index contributed by atoms with van der Waals surface area (Å²) in [4.78, 5) is 2.56. The zero-order valence-corrected chi connectivity index (χ0v) is 17.2. The molecule has 0 aliphatic carbocycles. The Balaban J connectivity index is 1.96. The third-order valence-electron chi connectivity index (χ3n) is 5.16. The van der Waals surface area contributed by atoms with Gasteiger partial charge < -0.3 is 4.74 Å². The smallest absolute Gasteiger partial charge is 0.246 e. The van der Waals surface area contributed by atoms with Crippen LogP contribution < -0.4 is 4.74 Å². The van der Waals surface area contributed by atoms with E-state index in [1.165, 1.54) is 7.11 Å². The molecule has 2 heterocycles. The van der Waals surface area contributed by atoms with E-state index in [9.17, 15) is 8.42 Å². The van der Waals surface area contributed by atoms with E-state index in [0.29, 0.717) is 30.6 Å². The van der Waals surface area contributed by atoms with Gasteiger partial charge in [-0.3, -0.25) is 4.90 Å². The molecule has 148 valence electrons. The van der Waals surface area contributed by atoms with Crippen LogP contribution in [0.2, 0.25) is 0 Å². The van der Waals surface area contributed by atoms with Crippen molar-refractivity contribution in [2.24, 2.45) is 0 Å². The number of hydrogen-bond acceptors (Lipinski definition) is 5. The second kappa shape index (κ2) is 8.00. The van der Waals surface area contributed by atoms with Crippen molar-refractivity contribution in [1.82, 2.24) is 19.0 Å². The number of aromatic nitrogens is 2. The van der Waals surface area contributed by atoms with Crippen molar-refractivity contribution in [2.45, 2.75) is 44.2 Å². The van der Waals surface area contributed by atoms with Gasteiger partial charge in [0.15, 0.2) is 0 Å². The SMILES string of the molecule is CCC1CN(S(=O)(=O)c2cc(-n3cccn3)ccc2OC)CCN1C(C)C. The summed E-state index contributed by atoms with van der Waals surface area (Å²) in [5.74, 6) is 0.352. The molecule has 27 heavy (non-hydrogen) atoms. The van der Waals surface area contributed by atoms with Crippen LogP contribution in [0.3, 0.4) is 0 Å². The summed E-state index contributed by atoms with van der Waals surface area (Å²) < 4.78 is 35.4.